The number of carbonyl (C=O) groups excluding carboxylic acids is 1. The van der Waals surface area contributed by atoms with Crippen LogP contribution in [-0.2, 0) is 9.53 Å². The van der Waals surface area contributed by atoms with Crippen LogP contribution in [0.15, 0.2) is 0 Å². The summed E-state index contributed by atoms with van der Waals surface area (Å²) in [5, 5.41) is 20.7. The monoisotopic (exact) mass is 287 g/mol. The zero-order valence-electron chi connectivity index (χ0n) is 13.7. The predicted molar refractivity (Wildman–Crippen MR) is 77.1 cm³/mol. The first-order chi connectivity index (χ1) is 8.77. The molecule has 5 nitrogen and oxygen atoms in total. The van der Waals surface area contributed by atoms with Crippen molar-refractivity contribution in [3.8, 4) is 0 Å². The highest BCUT2D eigenvalue weighted by molar-refractivity contribution is 5.66. The standard InChI is InChI=1S/C15H29NO4/c1-10(17)20-11-8-13(2,3)16(14(4,5)9-11)12(18)15(6,7)19/h11-12,18-19H,8-9H2,1-7H3. The van der Waals surface area contributed by atoms with Crippen LogP contribution in [0.2, 0.25) is 0 Å². The van der Waals surface area contributed by atoms with Gasteiger partial charge in [0.2, 0.25) is 0 Å². The van der Waals surface area contributed by atoms with Gasteiger partial charge in [-0.25, -0.2) is 0 Å². The number of carbonyl (C=O) groups is 1. The van der Waals surface area contributed by atoms with Gasteiger partial charge >= 0.3 is 5.97 Å². The van der Waals surface area contributed by atoms with Crippen molar-refractivity contribution >= 4 is 5.97 Å². The van der Waals surface area contributed by atoms with Crippen molar-refractivity contribution in [2.45, 2.75) is 90.3 Å². The molecule has 1 heterocycles. The smallest absolute Gasteiger partial charge is 0.302 e. The Morgan fingerprint density at radius 1 is 1.25 bits per heavy atom. The molecule has 0 aromatic carbocycles. The van der Waals surface area contributed by atoms with Gasteiger partial charge in [0.25, 0.3) is 0 Å². The average molecular weight is 287 g/mol. The summed E-state index contributed by atoms with van der Waals surface area (Å²) >= 11 is 0. The molecule has 1 aliphatic rings. The first kappa shape index (κ1) is 17.4. The first-order valence-corrected chi connectivity index (χ1v) is 7.14. The van der Waals surface area contributed by atoms with Gasteiger partial charge in [-0.3, -0.25) is 9.69 Å². The number of nitrogens with zero attached hydrogens (tertiary/aromatic N) is 1. The van der Waals surface area contributed by atoms with Crippen molar-refractivity contribution in [1.82, 2.24) is 4.90 Å². The number of hydrogen-bond donors (Lipinski definition) is 2. The molecule has 0 aromatic rings. The van der Waals surface area contributed by atoms with Crippen molar-refractivity contribution in [3.63, 3.8) is 0 Å². The molecule has 5 heteroatoms. The fraction of sp³-hybridized carbons (Fsp3) is 0.933. The molecule has 1 aliphatic heterocycles. The minimum Gasteiger partial charge on any atom is -0.462 e. The summed E-state index contributed by atoms with van der Waals surface area (Å²) in [5.41, 5.74) is -1.99. The minimum atomic E-state index is -1.22. The van der Waals surface area contributed by atoms with Crippen LogP contribution in [0.5, 0.6) is 0 Å². The van der Waals surface area contributed by atoms with Gasteiger partial charge in [0.05, 0.1) is 5.60 Å². The molecule has 118 valence electrons. The number of piperidine rings is 1. The summed E-state index contributed by atoms with van der Waals surface area (Å²) in [5.74, 6) is -0.280. The molecule has 0 radical (unpaired) electrons. The van der Waals surface area contributed by atoms with E-state index in [-0.39, 0.29) is 23.2 Å². The Morgan fingerprint density at radius 3 is 1.95 bits per heavy atom. The number of aliphatic hydroxyl groups is 2. The molecule has 1 atom stereocenters. The molecule has 1 rings (SSSR count). The molecule has 0 aromatic heterocycles. The SMILES string of the molecule is CC(=O)OC1CC(C)(C)N(C(O)C(C)(C)O)C(C)(C)C1. The Hall–Kier alpha value is -0.650. The maximum atomic E-state index is 11.2. The van der Waals surface area contributed by atoms with Gasteiger partial charge in [-0.1, -0.05) is 0 Å². The summed E-state index contributed by atoms with van der Waals surface area (Å²) in [4.78, 5) is 13.1. The average Bonchev–Trinajstić information content (AvgIpc) is 2.09. The lowest BCUT2D eigenvalue weighted by molar-refractivity contribution is -0.222. The molecular formula is C15H29NO4. The largest absolute Gasteiger partial charge is 0.462 e. The van der Waals surface area contributed by atoms with Crippen LogP contribution >= 0.6 is 0 Å². The summed E-state index contributed by atoms with van der Waals surface area (Å²) in [6.45, 7) is 12.6. The van der Waals surface area contributed by atoms with Crippen molar-refractivity contribution in [2.75, 3.05) is 0 Å². The third-order valence-electron chi connectivity index (χ3n) is 3.97. The van der Waals surface area contributed by atoms with E-state index in [2.05, 4.69) is 0 Å². The second-order valence-corrected chi connectivity index (χ2v) is 7.66. The van der Waals surface area contributed by atoms with Crippen LogP contribution in [0.25, 0.3) is 0 Å². The highest BCUT2D eigenvalue weighted by atomic mass is 16.5. The van der Waals surface area contributed by atoms with E-state index in [1.807, 2.05) is 32.6 Å². The van der Waals surface area contributed by atoms with E-state index in [9.17, 15) is 15.0 Å². The number of rotatable bonds is 3. The molecule has 0 amide bonds. The van der Waals surface area contributed by atoms with Crippen LogP contribution < -0.4 is 0 Å². The second kappa shape index (κ2) is 5.28. The fourth-order valence-electron chi connectivity index (χ4n) is 3.50. The molecule has 2 N–H and O–H groups in total. The Kier molecular flexibility index (Phi) is 4.59. The van der Waals surface area contributed by atoms with Gasteiger partial charge < -0.3 is 14.9 Å². The van der Waals surface area contributed by atoms with Crippen LogP contribution in [0.4, 0.5) is 0 Å². The maximum absolute atomic E-state index is 11.2. The van der Waals surface area contributed by atoms with Crippen molar-refractivity contribution < 1.29 is 19.7 Å². The molecule has 1 fully saturated rings. The second-order valence-electron chi connectivity index (χ2n) is 7.66. The molecule has 20 heavy (non-hydrogen) atoms. The van der Waals surface area contributed by atoms with Crippen LogP contribution in [0.1, 0.15) is 61.3 Å². The third-order valence-corrected chi connectivity index (χ3v) is 3.97. The number of hydrogen-bond acceptors (Lipinski definition) is 5. The molecule has 0 bridgehead atoms. The van der Waals surface area contributed by atoms with Gasteiger partial charge in [0.15, 0.2) is 0 Å². The van der Waals surface area contributed by atoms with Crippen molar-refractivity contribution in [3.05, 3.63) is 0 Å². The minimum absolute atomic E-state index is 0.164. The molecule has 1 unspecified atom stereocenters. The van der Waals surface area contributed by atoms with Gasteiger partial charge in [0.1, 0.15) is 12.3 Å². The Morgan fingerprint density at radius 2 is 1.65 bits per heavy atom. The number of ether oxygens (including phenoxy) is 1. The fourth-order valence-corrected chi connectivity index (χ4v) is 3.50. The quantitative estimate of drug-likeness (QED) is 0.773. The molecule has 0 aliphatic carbocycles. The molecule has 1 saturated heterocycles. The van der Waals surface area contributed by atoms with Gasteiger partial charge in [-0.05, 0) is 41.5 Å². The van der Waals surface area contributed by atoms with E-state index in [1.165, 1.54) is 6.92 Å². The summed E-state index contributed by atoms with van der Waals surface area (Å²) in [7, 11) is 0. The van der Waals surface area contributed by atoms with E-state index in [4.69, 9.17) is 4.74 Å². The lowest BCUT2D eigenvalue weighted by atomic mass is 9.76. The normalized spacial score (nSPS) is 25.2. The van der Waals surface area contributed by atoms with Crippen LogP contribution in [0, 0.1) is 0 Å². The molecule has 0 saturated carbocycles. The molecular weight excluding hydrogens is 258 g/mol. The highest BCUT2D eigenvalue weighted by Crippen LogP contribution is 2.42. The summed E-state index contributed by atoms with van der Waals surface area (Å²) in [6.07, 6.45) is 0.111. The van der Waals surface area contributed by atoms with Gasteiger partial charge in [0, 0.05) is 30.8 Å². The topological polar surface area (TPSA) is 70.0 Å². The van der Waals surface area contributed by atoms with Crippen molar-refractivity contribution in [2.24, 2.45) is 0 Å². The van der Waals surface area contributed by atoms with Gasteiger partial charge in [-0.2, -0.15) is 0 Å². The number of likely N-dealkylation sites (tertiary alicyclic amines) is 1. The highest BCUT2D eigenvalue weighted by Gasteiger charge is 2.51. The van der Waals surface area contributed by atoms with Crippen molar-refractivity contribution in [1.29, 1.82) is 0 Å². The van der Waals surface area contributed by atoms with Crippen LogP contribution in [-0.4, -0.2) is 50.1 Å². The zero-order valence-corrected chi connectivity index (χ0v) is 13.7. The number of esters is 1. The maximum Gasteiger partial charge on any atom is 0.302 e. The summed E-state index contributed by atoms with van der Waals surface area (Å²) in [6, 6.07) is 0. The Labute approximate surface area is 121 Å². The zero-order chi connectivity index (χ0) is 15.9. The number of aliphatic hydroxyl groups excluding tert-OH is 1. The summed E-state index contributed by atoms with van der Waals surface area (Å²) < 4.78 is 5.37. The van der Waals surface area contributed by atoms with E-state index >= 15 is 0 Å². The lowest BCUT2D eigenvalue weighted by Crippen LogP contribution is -2.69. The molecule has 0 spiro atoms. The Bertz CT molecular complexity index is 353. The van der Waals surface area contributed by atoms with E-state index in [0.29, 0.717) is 12.8 Å². The predicted octanol–water partition coefficient (Wildman–Crippen LogP) is 1.66. The van der Waals surface area contributed by atoms with Gasteiger partial charge in [-0.15, -0.1) is 0 Å². The Balaban J connectivity index is 3.06. The lowest BCUT2D eigenvalue weighted by Gasteiger charge is -2.58. The first-order valence-electron chi connectivity index (χ1n) is 7.14. The van der Waals surface area contributed by atoms with E-state index < -0.39 is 11.8 Å². The van der Waals surface area contributed by atoms with E-state index in [0.717, 1.165) is 0 Å². The third kappa shape index (κ3) is 3.71. The van der Waals surface area contributed by atoms with E-state index in [1.54, 1.807) is 13.8 Å². The van der Waals surface area contributed by atoms with Crippen LogP contribution in [0.3, 0.4) is 0 Å².